The van der Waals surface area contributed by atoms with Crippen molar-refractivity contribution >= 4 is 34.7 Å². The molecule has 12 nitrogen and oxygen atoms in total. The molecule has 0 spiro atoms. The van der Waals surface area contributed by atoms with Gasteiger partial charge in [0.2, 0.25) is 11.8 Å². The molecule has 3 amide bonds. The van der Waals surface area contributed by atoms with Crippen molar-refractivity contribution in [3.05, 3.63) is 18.6 Å². The normalized spacial score (nSPS) is 17.6. The molecule has 2 aromatic rings. The molecule has 188 valence electrons. The Morgan fingerprint density at radius 3 is 2.83 bits per heavy atom. The maximum absolute atomic E-state index is 12.7. The molecule has 0 radical (unpaired) electrons. The summed E-state index contributed by atoms with van der Waals surface area (Å²) >= 11 is 0. The molecule has 35 heavy (non-hydrogen) atoms. The molecule has 0 saturated carbocycles. The van der Waals surface area contributed by atoms with Crippen molar-refractivity contribution in [3.8, 4) is 6.07 Å². The summed E-state index contributed by atoms with van der Waals surface area (Å²) in [6, 6.07) is 3.21. The molecule has 1 saturated heterocycles. The number of likely N-dealkylation sites (tertiary alicyclic amines) is 1. The van der Waals surface area contributed by atoms with Gasteiger partial charge in [-0.15, -0.1) is 0 Å². The topological polar surface area (TPSA) is 162 Å². The van der Waals surface area contributed by atoms with E-state index in [0.29, 0.717) is 48.9 Å². The summed E-state index contributed by atoms with van der Waals surface area (Å²) in [6.07, 6.45) is 5.29. The number of carbonyl (C=O) groups is 3. The van der Waals surface area contributed by atoms with E-state index in [-0.39, 0.29) is 30.8 Å². The van der Waals surface area contributed by atoms with E-state index in [1.807, 2.05) is 18.0 Å². The van der Waals surface area contributed by atoms with Crippen molar-refractivity contribution in [1.82, 2.24) is 30.1 Å². The molecule has 12 heteroatoms. The van der Waals surface area contributed by atoms with Crippen LogP contribution in [0.2, 0.25) is 0 Å². The van der Waals surface area contributed by atoms with E-state index in [1.54, 1.807) is 17.2 Å². The highest BCUT2D eigenvalue weighted by molar-refractivity contribution is 5.95. The highest BCUT2D eigenvalue weighted by Gasteiger charge is 2.32. The van der Waals surface area contributed by atoms with E-state index in [2.05, 4.69) is 27.5 Å². The zero-order chi connectivity index (χ0) is 25.4. The van der Waals surface area contributed by atoms with Crippen LogP contribution in [0.4, 0.5) is 10.6 Å². The number of nitriles is 1. The maximum atomic E-state index is 12.7. The number of likely N-dealkylation sites (N-methyl/N-ethyl adjacent to an activating group) is 1. The van der Waals surface area contributed by atoms with E-state index < -0.39 is 6.03 Å². The second kappa shape index (κ2) is 12.1. The molecular weight excluding hydrogens is 450 g/mol. The lowest BCUT2D eigenvalue weighted by Crippen LogP contribution is -2.52. The van der Waals surface area contributed by atoms with Gasteiger partial charge in [0.05, 0.1) is 24.0 Å². The Kier molecular flexibility index (Phi) is 8.97. The summed E-state index contributed by atoms with van der Waals surface area (Å²) < 4.78 is 1.35. The van der Waals surface area contributed by atoms with Crippen LogP contribution in [-0.4, -0.2) is 83.1 Å². The van der Waals surface area contributed by atoms with E-state index in [0.717, 1.165) is 19.3 Å². The van der Waals surface area contributed by atoms with Crippen molar-refractivity contribution in [2.75, 3.05) is 44.7 Å². The van der Waals surface area contributed by atoms with E-state index >= 15 is 0 Å². The number of rotatable bonds is 9. The number of nitrogens with zero attached hydrogens (tertiary/aromatic N) is 6. The Hall–Kier alpha value is -3.72. The first-order valence-corrected chi connectivity index (χ1v) is 11.8. The SMILES string of the molecule is C[C@@H]1CCN(C(=O)CC#N)C[C@@H]1N(C)c1ncnc2c1ccn2C(=O)NCC(=O)NCCCCN. The fourth-order valence-corrected chi connectivity index (χ4v) is 4.30. The van der Waals surface area contributed by atoms with Gasteiger partial charge in [0.15, 0.2) is 5.65 Å². The van der Waals surface area contributed by atoms with Gasteiger partial charge < -0.3 is 26.2 Å². The molecule has 0 bridgehead atoms. The van der Waals surface area contributed by atoms with Gasteiger partial charge in [0.25, 0.3) is 0 Å². The number of hydrogen-bond donors (Lipinski definition) is 3. The minimum atomic E-state index is -0.469. The van der Waals surface area contributed by atoms with Gasteiger partial charge in [0.1, 0.15) is 18.6 Å². The predicted octanol–water partition coefficient (Wildman–Crippen LogP) is 0.431. The quantitative estimate of drug-likeness (QED) is 0.433. The van der Waals surface area contributed by atoms with Gasteiger partial charge in [-0.05, 0) is 37.8 Å². The number of fused-ring (bicyclic) bond motifs is 1. The Morgan fingerprint density at radius 1 is 1.29 bits per heavy atom. The van der Waals surface area contributed by atoms with Crippen LogP contribution >= 0.6 is 0 Å². The number of aromatic nitrogens is 3. The Morgan fingerprint density at radius 2 is 2.09 bits per heavy atom. The first-order valence-electron chi connectivity index (χ1n) is 11.8. The highest BCUT2D eigenvalue weighted by atomic mass is 16.2. The number of anilines is 1. The van der Waals surface area contributed by atoms with Crippen LogP contribution in [0.3, 0.4) is 0 Å². The molecule has 3 heterocycles. The second-order valence-electron chi connectivity index (χ2n) is 8.74. The van der Waals surface area contributed by atoms with Crippen LogP contribution in [0, 0.1) is 17.2 Å². The summed E-state index contributed by atoms with van der Waals surface area (Å²) in [6.45, 7) is 4.19. The highest BCUT2D eigenvalue weighted by Crippen LogP contribution is 2.29. The average Bonchev–Trinajstić information content (AvgIpc) is 3.29. The lowest BCUT2D eigenvalue weighted by Gasteiger charge is -2.42. The number of hydrogen-bond acceptors (Lipinski definition) is 8. The third-order valence-corrected chi connectivity index (χ3v) is 6.37. The van der Waals surface area contributed by atoms with Gasteiger partial charge in [0, 0.05) is 32.9 Å². The lowest BCUT2D eigenvalue weighted by molar-refractivity contribution is -0.131. The average molecular weight is 484 g/mol. The largest absolute Gasteiger partial charge is 0.355 e. The minimum Gasteiger partial charge on any atom is -0.355 e. The number of nitrogens with two attached hydrogens (primary N) is 1. The van der Waals surface area contributed by atoms with Crippen molar-refractivity contribution in [3.63, 3.8) is 0 Å². The zero-order valence-electron chi connectivity index (χ0n) is 20.2. The molecule has 1 aliphatic rings. The van der Waals surface area contributed by atoms with E-state index in [9.17, 15) is 14.4 Å². The molecule has 0 unspecified atom stereocenters. The third kappa shape index (κ3) is 6.24. The Bertz CT molecular complexity index is 1090. The molecule has 3 rings (SSSR count). The molecule has 2 aromatic heterocycles. The number of piperidine rings is 1. The lowest BCUT2D eigenvalue weighted by atomic mass is 9.92. The van der Waals surface area contributed by atoms with Crippen LogP contribution in [-0.2, 0) is 9.59 Å². The fraction of sp³-hybridized carbons (Fsp3) is 0.565. The maximum Gasteiger partial charge on any atom is 0.327 e. The smallest absolute Gasteiger partial charge is 0.327 e. The van der Waals surface area contributed by atoms with Crippen LogP contribution in [0.15, 0.2) is 18.6 Å². The van der Waals surface area contributed by atoms with Crippen LogP contribution in [0.5, 0.6) is 0 Å². The Balaban J connectivity index is 1.71. The van der Waals surface area contributed by atoms with Gasteiger partial charge >= 0.3 is 6.03 Å². The summed E-state index contributed by atoms with van der Waals surface area (Å²) in [5.41, 5.74) is 5.86. The fourth-order valence-electron chi connectivity index (χ4n) is 4.30. The molecule has 0 aliphatic carbocycles. The first-order chi connectivity index (χ1) is 16.9. The van der Waals surface area contributed by atoms with Gasteiger partial charge in [-0.1, -0.05) is 6.92 Å². The van der Waals surface area contributed by atoms with Crippen LogP contribution in [0.1, 0.15) is 32.6 Å². The standard InChI is InChI=1S/C23H33N9O3/c1-16-6-11-31(20(34)5-9-25)14-18(16)30(2)21-17-7-12-32(22(17)29-15-28-21)23(35)27-13-19(33)26-10-4-3-8-24/h7,12,15-16,18H,3-6,8,10-11,13-14,24H2,1-2H3,(H,26,33)(H,27,35)/t16-,18+/m1/s1. The number of carbonyl (C=O) groups excluding carboxylic acids is 3. The van der Waals surface area contributed by atoms with Crippen LogP contribution in [0.25, 0.3) is 11.0 Å². The monoisotopic (exact) mass is 483 g/mol. The van der Waals surface area contributed by atoms with Crippen LogP contribution < -0.4 is 21.3 Å². The van der Waals surface area contributed by atoms with Crippen molar-refractivity contribution in [2.24, 2.45) is 11.7 Å². The molecular formula is C23H33N9O3. The van der Waals surface area contributed by atoms with Gasteiger partial charge in [-0.2, -0.15) is 5.26 Å². The molecule has 1 fully saturated rings. The van der Waals surface area contributed by atoms with E-state index in [1.165, 1.54) is 10.9 Å². The Labute approximate surface area is 204 Å². The van der Waals surface area contributed by atoms with Gasteiger partial charge in [-0.3, -0.25) is 14.2 Å². The molecule has 4 N–H and O–H groups in total. The van der Waals surface area contributed by atoms with Gasteiger partial charge in [-0.25, -0.2) is 14.8 Å². The molecule has 0 aromatic carbocycles. The molecule has 1 aliphatic heterocycles. The van der Waals surface area contributed by atoms with Crippen molar-refractivity contribution < 1.29 is 14.4 Å². The first kappa shape index (κ1) is 25.9. The summed E-state index contributed by atoms with van der Waals surface area (Å²) in [5.74, 6) is 0.496. The van der Waals surface area contributed by atoms with Crippen molar-refractivity contribution in [2.45, 2.75) is 38.6 Å². The van der Waals surface area contributed by atoms with Crippen molar-refractivity contribution in [1.29, 1.82) is 5.26 Å². The molecule has 2 atom stereocenters. The predicted molar refractivity (Wildman–Crippen MR) is 130 cm³/mol. The zero-order valence-corrected chi connectivity index (χ0v) is 20.2. The third-order valence-electron chi connectivity index (χ3n) is 6.37. The summed E-state index contributed by atoms with van der Waals surface area (Å²) in [5, 5.41) is 14.9. The number of nitrogens with one attached hydrogen (secondary N) is 2. The second-order valence-corrected chi connectivity index (χ2v) is 8.74. The summed E-state index contributed by atoms with van der Waals surface area (Å²) in [7, 11) is 1.91. The number of unbranched alkanes of at least 4 members (excludes halogenated alkanes) is 1. The summed E-state index contributed by atoms with van der Waals surface area (Å²) in [4.78, 5) is 49.4. The van der Waals surface area contributed by atoms with E-state index in [4.69, 9.17) is 11.0 Å². The minimum absolute atomic E-state index is 0.00960. The number of amides is 3.